The predicted molar refractivity (Wildman–Crippen MR) is 59.6 cm³/mol. The minimum Gasteiger partial charge on any atom is -0.362 e. The van der Waals surface area contributed by atoms with Crippen LogP contribution < -0.4 is 5.73 Å². The van der Waals surface area contributed by atoms with E-state index in [-0.39, 0.29) is 0 Å². The molecule has 96 valence electrons. The first-order valence-corrected chi connectivity index (χ1v) is 5.30. The van der Waals surface area contributed by atoms with Crippen molar-refractivity contribution in [2.24, 2.45) is 5.73 Å². The van der Waals surface area contributed by atoms with Crippen LogP contribution in [0.3, 0.4) is 0 Å². The lowest BCUT2D eigenvalue weighted by Crippen LogP contribution is -2.30. The van der Waals surface area contributed by atoms with Crippen LogP contribution in [0.2, 0.25) is 0 Å². The van der Waals surface area contributed by atoms with Gasteiger partial charge in [-0.1, -0.05) is 29.8 Å². The minimum atomic E-state index is -4.34. The molecule has 0 radical (unpaired) electrons. The summed E-state index contributed by atoms with van der Waals surface area (Å²) >= 11 is 0. The molecule has 0 saturated heterocycles. The summed E-state index contributed by atoms with van der Waals surface area (Å²) in [4.78, 5) is 0. The fourth-order valence-electron chi connectivity index (χ4n) is 1.49. The highest BCUT2D eigenvalue weighted by atomic mass is 19.4. The Morgan fingerprint density at radius 3 is 2.18 bits per heavy atom. The molecular formula is C12H16F3NO. The highest BCUT2D eigenvalue weighted by Crippen LogP contribution is 2.24. The van der Waals surface area contributed by atoms with Gasteiger partial charge in [0.1, 0.15) is 6.61 Å². The molecule has 0 heterocycles. The largest absolute Gasteiger partial charge is 0.411 e. The van der Waals surface area contributed by atoms with Gasteiger partial charge < -0.3 is 10.5 Å². The summed E-state index contributed by atoms with van der Waals surface area (Å²) in [5.41, 5.74) is 7.34. The van der Waals surface area contributed by atoms with Crippen molar-refractivity contribution in [1.82, 2.24) is 0 Å². The Kier molecular flexibility index (Phi) is 4.54. The molecule has 0 spiro atoms. The van der Waals surface area contributed by atoms with Crippen LogP contribution in [0.15, 0.2) is 24.3 Å². The molecule has 1 aromatic rings. The van der Waals surface area contributed by atoms with Gasteiger partial charge in [0.05, 0.1) is 6.10 Å². The van der Waals surface area contributed by atoms with E-state index in [1.165, 1.54) is 0 Å². The van der Waals surface area contributed by atoms with Gasteiger partial charge in [0.2, 0.25) is 0 Å². The summed E-state index contributed by atoms with van der Waals surface area (Å²) in [6.45, 7) is 2.25. The van der Waals surface area contributed by atoms with Crippen LogP contribution in [-0.2, 0) is 4.74 Å². The Bertz CT molecular complexity index is 346. The topological polar surface area (TPSA) is 35.2 Å². The maximum Gasteiger partial charge on any atom is 0.411 e. The SMILES string of the molecule is Cc1ccc(C(OCC(F)(F)F)C(C)N)cc1. The Hall–Kier alpha value is -1.07. The number of nitrogens with two attached hydrogens (primary N) is 1. The summed E-state index contributed by atoms with van der Waals surface area (Å²) in [6, 6.07) is 6.61. The normalized spacial score (nSPS) is 15.6. The molecule has 0 bridgehead atoms. The monoisotopic (exact) mass is 247 g/mol. The number of benzene rings is 1. The van der Waals surface area contributed by atoms with Gasteiger partial charge in [0.25, 0.3) is 0 Å². The smallest absolute Gasteiger partial charge is 0.362 e. The van der Waals surface area contributed by atoms with E-state index in [0.717, 1.165) is 5.56 Å². The second-order valence-corrected chi connectivity index (χ2v) is 4.12. The van der Waals surface area contributed by atoms with Crippen LogP contribution in [0.1, 0.15) is 24.2 Å². The van der Waals surface area contributed by atoms with Crippen molar-refractivity contribution >= 4 is 0 Å². The zero-order valence-corrected chi connectivity index (χ0v) is 9.79. The lowest BCUT2D eigenvalue weighted by atomic mass is 10.0. The number of rotatable bonds is 4. The van der Waals surface area contributed by atoms with Gasteiger partial charge in [-0.25, -0.2) is 0 Å². The van der Waals surface area contributed by atoms with Crippen LogP contribution in [0.5, 0.6) is 0 Å². The fourth-order valence-corrected chi connectivity index (χ4v) is 1.49. The van der Waals surface area contributed by atoms with E-state index in [1.54, 1.807) is 19.1 Å². The summed E-state index contributed by atoms with van der Waals surface area (Å²) in [5.74, 6) is 0. The zero-order valence-electron chi connectivity index (χ0n) is 9.79. The van der Waals surface area contributed by atoms with Crippen molar-refractivity contribution in [2.75, 3.05) is 6.61 Å². The molecule has 0 saturated carbocycles. The van der Waals surface area contributed by atoms with Gasteiger partial charge in [-0.3, -0.25) is 0 Å². The Labute approximate surface area is 98.6 Å². The third-order valence-electron chi connectivity index (χ3n) is 2.31. The number of aryl methyl sites for hydroxylation is 1. The first kappa shape index (κ1) is 14.0. The molecule has 2 atom stereocenters. The van der Waals surface area contributed by atoms with Gasteiger partial charge in [-0.2, -0.15) is 13.2 Å². The third-order valence-corrected chi connectivity index (χ3v) is 2.31. The Balaban J connectivity index is 2.76. The number of halogens is 3. The molecule has 0 aliphatic carbocycles. The summed E-state index contributed by atoms with van der Waals surface area (Å²) < 4.78 is 41.1. The second kappa shape index (κ2) is 5.51. The quantitative estimate of drug-likeness (QED) is 0.887. The standard InChI is InChI=1S/C12H16F3NO/c1-8-3-5-10(6-4-8)11(9(2)16)17-7-12(13,14)15/h3-6,9,11H,7,16H2,1-2H3. The molecule has 0 aliphatic heterocycles. The molecule has 2 N–H and O–H groups in total. The summed E-state index contributed by atoms with van der Waals surface area (Å²) in [7, 11) is 0. The molecule has 1 aromatic carbocycles. The van der Waals surface area contributed by atoms with E-state index in [4.69, 9.17) is 10.5 Å². The van der Waals surface area contributed by atoms with Crippen LogP contribution in [-0.4, -0.2) is 18.8 Å². The van der Waals surface area contributed by atoms with E-state index in [1.807, 2.05) is 19.1 Å². The Morgan fingerprint density at radius 2 is 1.76 bits per heavy atom. The molecular weight excluding hydrogens is 231 g/mol. The van der Waals surface area contributed by atoms with Gasteiger partial charge >= 0.3 is 6.18 Å². The summed E-state index contributed by atoms with van der Waals surface area (Å²) in [5, 5.41) is 0. The first-order chi connectivity index (χ1) is 7.79. The Morgan fingerprint density at radius 1 is 1.24 bits per heavy atom. The fraction of sp³-hybridized carbons (Fsp3) is 0.500. The molecule has 0 fully saturated rings. The molecule has 1 rings (SSSR count). The average Bonchev–Trinajstić information content (AvgIpc) is 2.18. The van der Waals surface area contributed by atoms with Crippen molar-refractivity contribution < 1.29 is 17.9 Å². The molecule has 0 aliphatic rings. The molecule has 0 amide bonds. The van der Waals surface area contributed by atoms with Crippen molar-refractivity contribution in [2.45, 2.75) is 32.2 Å². The van der Waals surface area contributed by atoms with E-state index in [0.29, 0.717) is 5.56 Å². The average molecular weight is 247 g/mol. The number of ether oxygens (including phenoxy) is 1. The van der Waals surface area contributed by atoms with Crippen LogP contribution in [0.4, 0.5) is 13.2 Å². The third kappa shape index (κ3) is 4.75. The van der Waals surface area contributed by atoms with Crippen LogP contribution in [0, 0.1) is 6.92 Å². The molecule has 17 heavy (non-hydrogen) atoms. The van der Waals surface area contributed by atoms with Gasteiger partial charge in [-0.05, 0) is 19.4 Å². The molecule has 0 aromatic heterocycles. The predicted octanol–water partition coefficient (Wildman–Crippen LogP) is 2.96. The van der Waals surface area contributed by atoms with Crippen molar-refractivity contribution in [1.29, 1.82) is 0 Å². The molecule has 2 nitrogen and oxygen atoms in total. The van der Waals surface area contributed by atoms with E-state index < -0.39 is 24.9 Å². The highest BCUT2D eigenvalue weighted by molar-refractivity contribution is 5.24. The number of alkyl halides is 3. The summed E-state index contributed by atoms with van der Waals surface area (Å²) in [6.07, 6.45) is -5.07. The van der Waals surface area contributed by atoms with E-state index in [2.05, 4.69) is 0 Å². The van der Waals surface area contributed by atoms with Crippen LogP contribution in [0.25, 0.3) is 0 Å². The number of hydrogen-bond acceptors (Lipinski definition) is 2. The maximum absolute atomic E-state index is 12.1. The second-order valence-electron chi connectivity index (χ2n) is 4.12. The number of hydrogen-bond donors (Lipinski definition) is 1. The maximum atomic E-state index is 12.1. The highest BCUT2D eigenvalue weighted by Gasteiger charge is 2.30. The molecule has 2 unspecified atom stereocenters. The van der Waals surface area contributed by atoms with Crippen molar-refractivity contribution in [3.05, 3.63) is 35.4 Å². The lowest BCUT2D eigenvalue weighted by Gasteiger charge is -2.22. The van der Waals surface area contributed by atoms with Crippen molar-refractivity contribution in [3.63, 3.8) is 0 Å². The first-order valence-electron chi connectivity index (χ1n) is 5.30. The van der Waals surface area contributed by atoms with Crippen molar-refractivity contribution in [3.8, 4) is 0 Å². The minimum absolute atomic E-state index is 0.500. The van der Waals surface area contributed by atoms with Gasteiger partial charge in [0, 0.05) is 6.04 Å². The molecule has 5 heteroatoms. The van der Waals surface area contributed by atoms with Gasteiger partial charge in [-0.15, -0.1) is 0 Å². The van der Waals surface area contributed by atoms with E-state index in [9.17, 15) is 13.2 Å². The van der Waals surface area contributed by atoms with Gasteiger partial charge in [0.15, 0.2) is 0 Å². The van der Waals surface area contributed by atoms with E-state index >= 15 is 0 Å². The lowest BCUT2D eigenvalue weighted by molar-refractivity contribution is -0.187. The zero-order chi connectivity index (χ0) is 13.1. The van der Waals surface area contributed by atoms with Crippen LogP contribution >= 0.6 is 0 Å².